The van der Waals surface area contributed by atoms with Crippen LogP contribution in [0.1, 0.15) is 10.4 Å². The lowest BCUT2D eigenvalue weighted by Gasteiger charge is -2.08. The van der Waals surface area contributed by atoms with Crippen molar-refractivity contribution in [3.8, 4) is 0 Å². The molecule has 1 aromatic heterocycles. The lowest BCUT2D eigenvalue weighted by atomic mass is 10.2. The Bertz CT molecular complexity index is 620. The molecule has 0 bridgehead atoms. The van der Waals surface area contributed by atoms with Gasteiger partial charge in [0.2, 0.25) is 0 Å². The Labute approximate surface area is 132 Å². The van der Waals surface area contributed by atoms with E-state index in [1.165, 1.54) is 6.20 Å². The lowest BCUT2D eigenvalue weighted by molar-refractivity contribution is 0.102. The van der Waals surface area contributed by atoms with Crippen LogP contribution in [0.4, 0.5) is 11.5 Å². The molecule has 0 aliphatic carbocycles. The molecule has 1 heterocycles. The molecule has 0 aliphatic heterocycles. The van der Waals surface area contributed by atoms with Crippen molar-refractivity contribution in [2.24, 2.45) is 5.84 Å². The standard InChI is InChI=1S/C12H10BrIN4O/c13-9-6-8(14)1-2-10(9)17-12(19)7-3-4-16-11(5-7)18-15/h1-6H,15H2,(H,16,18)(H,17,19). The van der Waals surface area contributed by atoms with E-state index in [2.05, 4.69) is 54.2 Å². The first-order valence-electron chi connectivity index (χ1n) is 5.29. The first-order valence-corrected chi connectivity index (χ1v) is 7.16. The third-order valence-electron chi connectivity index (χ3n) is 2.35. The van der Waals surface area contributed by atoms with Crippen LogP contribution >= 0.6 is 38.5 Å². The number of carbonyl (C=O) groups is 1. The zero-order valence-corrected chi connectivity index (χ0v) is 13.4. The minimum atomic E-state index is -0.221. The van der Waals surface area contributed by atoms with Crippen molar-refractivity contribution in [1.82, 2.24) is 4.98 Å². The predicted octanol–water partition coefficient (Wildman–Crippen LogP) is 2.99. The van der Waals surface area contributed by atoms with Crippen molar-refractivity contribution in [3.63, 3.8) is 0 Å². The van der Waals surface area contributed by atoms with Crippen LogP contribution in [0, 0.1) is 3.57 Å². The minimum Gasteiger partial charge on any atom is -0.321 e. The molecular formula is C12H10BrIN4O. The monoisotopic (exact) mass is 432 g/mol. The Hall–Kier alpha value is -1.19. The van der Waals surface area contributed by atoms with Crippen LogP contribution in [0.15, 0.2) is 41.0 Å². The Balaban J connectivity index is 2.20. The first-order chi connectivity index (χ1) is 9.10. The van der Waals surface area contributed by atoms with E-state index in [1.807, 2.05) is 18.2 Å². The molecule has 0 radical (unpaired) electrons. The number of benzene rings is 1. The normalized spacial score (nSPS) is 10.1. The van der Waals surface area contributed by atoms with Gasteiger partial charge in [-0.3, -0.25) is 4.79 Å². The molecule has 2 rings (SSSR count). The van der Waals surface area contributed by atoms with Gasteiger partial charge >= 0.3 is 0 Å². The van der Waals surface area contributed by atoms with Crippen molar-refractivity contribution in [1.29, 1.82) is 0 Å². The summed E-state index contributed by atoms with van der Waals surface area (Å²) in [6.45, 7) is 0. The van der Waals surface area contributed by atoms with Gasteiger partial charge < -0.3 is 10.7 Å². The summed E-state index contributed by atoms with van der Waals surface area (Å²) in [5, 5.41) is 2.82. The van der Waals surface area contributed by atoms with Gasteiger partial charge in [0.1, 0.15) is 5.82 Å². The quantitative estimate of drug-likeness (QED) is 0.395. The molecule has 0 atom stereocenters. The smallest absolute Gasteiger partial charge is 0.255 e. The number of nitrogens with one attached hydrogen (secondary N) is 2. The molecule has 98 valence electrons. The summed E-state index contributed by atoms with van der Waals surface area (Å²) in [5.74, 6) is 5.48. The topological polar surface area (TPSA) is 80.0 Å². The number of hydrogen-bond acceptors (Lipinski definition) is 4. The number of hydrogen-bond donors (Lipinski definition) is 3. The molecule has 5 nitrogen and oxygen atoms in total. The molecule has 2 aromatic rings. The molecule has 0 saturated carbocycles. The average Bonchev–Trinajstić information content (AvgIpc) is 2.42. The van der Waals surface area contributed by atoms with E-state index < -0.39 is 0 Å². The van der Waals surface area contributed by atoms with Crippen LogP contribution in [-0.4, -0.2) is 10.9 Å². The molecule has 1 amide bonds. The van der Waals surface area contributed by atoms with E-state index in [4.69, 9.17) is 5.84 Å². The number of carbonyl (C=O) groups excluding carboxylic acids is 1. The largest absolute Gasteiger partial charge is 0.321 e. The summed E-state index contributed by atoms with van der Waals surface area (Å²) in [6, 6.07) is 8.88. The van der Waals surface area contributed by atoms with Crippen molar-refractivity contribution in [2.75, 3.05) is 10.7 Å². The third kappa shape index (κ3) is 3.64. The number of halogens is 2. The molecule has 1 aromatic carbocycles. The van der Waals surface area contributed by atoms with Gasteiger partial charge in [-0.1, -0.05) is 0 Å². The van der Waals surface area contributed by atoms with Gasteiger partial charge in [0, 0.05) is 19.8 Å². The van der Waals surface area contributed by atoms with Gasteiger partial charge in [-0.15, -0.1) is 0 Å². The highest BCUT2D eigenvalue weighted by Gasteiger charge is 2.09. The maximum Gasteiger partial charge on any atom is 0.255 e. The summed E-state index contributed by atoms with van der Waals surface area (Å²) >= 11 is 5.62. The summed E-state index contributed by atoms with van der Waals surface area (Å²) in [7, 11) is 0. The van der Waals surface area contributed by atoms with Crippen molar-refractivity contribution in [3.05, 3.63) is 50.1 Å². The minimum absolute atomic E-state index is 0.221. The maximum atomic E-state index is 12.1. The average molecular weight is 433 g/mol. The van der Waals surface area contributed by atoms with Crippen molar-refractivity contribution < 1.29 is 4.79 Å². The molecule has 19 heavy (non-hydrogen) atoms. The van der Waals surface area contributed by atoms with E-state index in [9.17, 15) is 4.79 Å². The fourth-order valence-corrected chi connectivity index (χ4v) is 2.83. The maximum absolute atomic E-state index is 12.1. The van der Waals surface area contributed by atoms with Gasteiger partial charge in [-0.25, -0.2) is 10.8 Å². The van der Waals surface area contributed by atoms with Gasteiger partial charge in [0.15, 0.2) is 0 Å². The van der Waals surface area contributed by atoms with E-state index in [-0.39, 0.29) is 5.91 Å². The number of aromatic nitrogens is 1. The van der Waals surface area contributed by atoms with Crippen LogP contribution in [0.25, 0.3) is 0 Å². The molecule has 0 spiro atoms. The number of nitrogen functional groups attached to an aromatic ring is 1. The number of hydrazine groups is 1. The van der Waals surface area contributed by atoms with Crippen molar-refractivity contribution in [2.45, 2.75) is 0 Å². The molecule has 0 unspecified atom stereocenters. The highest BCUT2D eigenvalue weighted by Crippen LogP contribution is 2.25. The highest BCUT2D eigenvalue weighted by atomic mass is 127. The SMILES string of the molecule is NNc1cc(C(=O)Nc2ccc(I)cc2Br)ccn1. The van der Waals surface area contributed by atoms with Gasteiger partial charge in [0.25, 0.3) is 5.91 Å². The Morgan fingerprint density at radius 1 is 1.32 bits per heavy atom. The highest BCUT2D eigenvalue weighted by molar-refractivity contribution is 14.1. The second kappa shape index (κ2) is 6.31. The van der Waals surface area contributed by atoms with Crippen molar-refractivity contribution >= 4 is 55.9 Å². The van der Waals surface area contributed by atoms with E-state index >= 15 is 0 Å². The fraction of sp³-hybridized carbons (Fsp3) is 0. The van der Waals surface area contributed by atoms with E-state index in [0.717, 1.165) is 8.04 Å². The molecule has 4 N–H and O–H groups in total. The summed E-state index contributed by atoms with van der Waals surface area (Å²) in [5.41, 5.74) is 3.60. The Morgan fingerprint density at radius 2 is 2.11 bits per heavy atom. The number of nitrogens with zero attached hydrogens (tertiary/aromatic N) is 1. The fourth-order valence-electron chi connectivity index (χ4n) is 1.44. The van der Waals surface area contributed by atoms with Crippen LogP contribution in [0.5, 0.6) is 0 Å². The van der Waals surface area contributed by atoms with E-state index in [0.29, 0.717) is 17.1 Å². The second-order valence-corrected chi connectivity index (χ2v) is 5.75. The number of amides is 1. The number of rotatable bonds is 3. The predicted molar refractivity (Wildman–Crippen MR) is 86.9 cm³/mol. The number of pyridine rings is 1. The zero-order valence-electron chi connectivity index (χ0n) is 9.65. The van der Waals surface area contributed by atoms with Gasteiger partial charge in [0.05, 0.1) is 5.69 Å². The van der Waals surface area contributed by atoms with Crippen LogP contribution in [0.3, 0.4) is 0 Å². The molecule has 7 heteroatoms. The van der Waals surface area contributed by atoms with Crippen LogP contribution in [-0.2, 0) is 0 Å². The van der Waals surface area contributed by atoms with E-state index in [1.54, 1.807) is 12.1 Å². The molecule has 0 saturated heterocycles. The molecular weight excluding hydrogens is 423 g/mol. The third-order valence-corrected chi connectivity index (χ3v) is 3.68. The number of nitrogens with two attached hydrogens (primary N) is 1. The summed E-state index contributed by atoms with van der Waals surface area (Å²) in [4.78, 5) is 16.0. The van der Waals surface area contributed by atoms with Gasteiger partial charge in [-0.05, 0) is 68.9 Å². The lowest BCUT2D eigenvalue weighted by Crippen LogP contribution is -2.14. The first kappa shape index (κ1) is 14.2. The summed E-state index contributed by atoms with van der Waals surface area (Å²) < 4.78 is 1.92. The van der Waals surface area contributed by atoms with Crippen LogP contribution < -0.4 is 16.6 Å². The van der Waals surface area contributed by atoms with Crippen LogP contribution in [0.2, 0.25) is 0 Å². The summed E-state index contributed by atoms with van der Waals surface area (Å²) in [6.07, 6.45) is 1.52. The number of anilines is 2. The Morgan fingerprint density at radius 3 is 2.79 bits per heavy atom. The molecule has 0 fully saturated rings. The zero-order chi connectivity index (χ0) is 13.8. The molecule has 0 aliphatic rings. The second-order valence-electron chi connectivity index (χ2n) is 3.65. The Kier molecular flexibility index (Phi) is 4.72. The van der Waals surface area contributed by atoms with Gasteiger partial charge in [-0.2, -0.15) is 0 Å².